The topological polar surface area (TPSA) is 106 Å². The number of sulfonamides is 1. The fourth-order valence-electron chi connectivity index (χ4n) is 3.20. The van der Waals surface area contributed by atoms with Crippen molar-refractivity contribution < 1.29 is 22.7 Å². The number of aromatic nitrogens is 1. The van der Waals surface area contributed by atoms with Gasteiger partial charge in [-0.1, -0.05) is 18.2 Å². The lowest BCUT2D eigenvalue weighted by Gasteiger charge is -2.19. The van der Waals surface area contributed by atoms with Gasteiger partial charge < -0.3 is 10.1 Å². The largest absolute Gasteiger partial charge is 0.462 e. The molecule has 1 N–H and O–H groups in total. The Morgan fingerprint density at radius 3 is 2.69 bits per heavy atom. The number of nitrogens with one attached hydrogen (secondary N) is 1. The third-order valence-electron chi connectivity index (χ3n) is 4.64. The smallest absolute Gasteiger partial charge is 0.339 e. The van der Waals surface area contributed by atoms with Crippen LogP contribution < -0.4 is 9.62 Å². The van der Waals surface area contributed by atoms with E-state index in [0.717, 1.165) is 5.56 Å². The minimum absolute atomic E-state index is 0.0415. The van der Waals surface area contributed by atoms with E-state index in [2.05, 4.69) is 10.3 Å². The van der Waals surface area contributed by atoms with Crippen molar-refractivity contribution in [2.75, 3.05) is 29.8 Å². The first-order valence-corrected chi connectivity index (χ1v) is 11.0. The van der Waals surface area contributed by atoms with Gasteiger partial charge in [0.15, 0.2) is 0 Å². The zero-order valence-corrected chi connectivity index (χ0v) is 17.2. The van der Waals surface area contributed by atoms with Crippen LogP contribution in [0.3, 0.4) is 0 Å². The number of hydrogen-bond acceptors (Lipinski definition) is 6. The summed E-state index contributed by atoms with van der Waals surface area (Å²) in [6.45, 7) is 3.93. The molecule has 1 aliphatic rings. The zero-order chi connectivity index (χ0) is 21.0. The van der Waals surface area contributed by atoms with Crippen molar-refractivity contribution in [3.63, 3.8) is 0 Å². The Bertz CT molecular complexity index is 1040. The van der Waals surface area contributed by atoms with Gasteiger partial charge in [0, 0.05) is 13.1 Å². The Balaban J connectivity index is 1.60. The molecule has 29 heavy (non-hydrogen) atoms. The van der Waals surface area contributed by atoms with Crippen molar-refractivity contribution >= 4 is 27.6 Å². The number of aryl methyl sites for hydroxylation is 1. The van der Waals surface area contributed by atoms with E-state index in [1.54, 1.807) is 19.9 Å². The van der Waals surface area contributed by atoms with Crippen LogP contribution in [0.2, 0.25) is 0 Å². The summed E-state index contributed by atoms with van der Waals surface area (Å²) in [5.74, 6) is -1.21. The molecule has 8 nitrogen and oxygen atoms in total. The van der Waals surface area contributed by atoms with E-state index in [9.17, 15) is 18.0 Å². The summed E-state index contributed by atoms with van der Waals surface area (Å²) in [6.07, 6.45) is 0.678. The van der Waals surface area contributed by atoms with Gasteiger partial charge in [-0.3, -0.25) is 9.10 Å². The van der Waals surface area contributed by atoms with E-state index >= 15 is 0 Å². The number of pyridine rings is 1. The van der Waals surface area contributed by atoms with E-state index < -0.39 is 21.9 Å². The maximum Gasteiger partial charge on any atom is 0.339 e. The number of hydrogen-bond donors (Lipinski definition) is 1. The van der Waals surface area contributed by atoms with E-state index in [-0.39, 0.29) is 24.6 Å². The van der Waals surface area contributed by atoms with Gasteiger partial charge in [0.25, 0.3) is 5.91 Å². The number of rotatable bonds is 7. The van der Waals surface area contributed by atoms with Crippen LogP contribution in [0.25, 0.3) is 0 Å². The van der Waals surface area contributed by atoms with Gasteiger partial charge in [0.1, 0.15) is 5.69 Å². The first-order chi connectivity index (χ1) is 13.8. The highest BCUT2D eigenvalue weighted by Gasteiger charge is 2.28. The summed E-state index contributed by atoms with van der Waals surface area (Å²) in [5.41, 5.74) is 2.47. The highest BCUT2D eigenvalue weighted by atomic mass is 32.2. The highest BCUT2D eigenvalue weighted by molar-refractivity contribution is 7.92. The normalized spacial score (nSPS) is 13.1. The summed E-state index contributed by atoms with van der Waals surface area (Å²) >= 11 is 0. The molecule has 3 rings (SSSR count). The fourth-order valence-corrected chi connectivity index (χ4v) is 4.63. The summed E-state index contributed by atoms with van der Waals surface area (Å²) in [4.78, 5) is 28.2. The van der Waals surface area contributed by atoms with Gasteiger partial charge in [0.05, 0.1) is 29.3 Å². The van der Waals surface area contributed by atoms with E-state index in [0.29, 0.717) is 29.9 Å². The molecule has 1 amide bonds. The summed E-state index contributed by atoms with van der Waals surface area (Å²) in [7, 11) is -3.55. The molecule has 9 heteroatoms. The van der Waals surface area contributed by atoms with Crippen LogP contribution in [0.5, 0.6) is 0 Å². The number of carbonyl (C=O) groups is 2. The Morgan fingerprint density at radius 2 is 1.97 bits per heavy atom. The van der Waals surface area contributed by atoms with Crippen LogP contribution in [-0.4, -0.2) is 50.7 Å². The number of esters is 1. The third kappa shape index (κ3) is 4.56. The summed E-state index contributed by atoms with van der Waals surface area (Å²) in [5, 5.41) is 2.58. The molecule has 154 valence electrons. The second-order valence-corrected chi connectivity index (χ2v) is 8.59. The maximum atomic E-state index is 12.7. The Morgan fingerprint density at radius 1 is 1.21 bits per heavy atom. The molecule has 0 radical (unpaired) electrons. The quantitative estimate of drug-likeness (QED) is 0.687. The lowest BCUT2D eigenvalue weighted by molar-refractivity contribution is 0.0524. The lowest BCUT2D eigenvalue weighted by atomic mass is 10.2. The van der Waals surface area contributed by atoms with Crippen LogP contribution in [0.1, 0.15) is 39.0 Å². The molecule has 1 aliphatic heterocycles. The molecule has 0 saturated carbocycles. The van der Waals surface area contributed by atoms with E-state index in [4.69, 9.17) is 4.74 Å². The Labute approximate surface area is 169 Å². The molecule has 0 spiro atoms. The standard InChI is InChI=1S/C20H23N3O5S/c1-3-28-20(25)16-8-9-17(22-14(16)2)19(24)21-11-13-29(26,27)23-12-10-15-6-4-5-7-18(15)23/h4-9H,3,10-13H2,1-2H3,(H,21,24). The van der Waals surface area contributed by atoms with Crippen molar-refractivity contribution in [3.05, 3.63) is 58.9 Å². The Kier molecular flexibility index (Phi) is 6.17. The molecule has 0 fully saturated rings. The first kappa shape index (κ1) is 20.8. The van der Waals surface area contributed by atoms with Gasteiger partial charge in [-0.25, -0.2) is 18.2 Å². The van der Waals surface area contributed by atoms with Gasteiger partial charge in [-0.05, 0) is 44.0 Å². The molecule has 0 unspecified atom stereocenters. The lowest BCUT2D eigenvalue weighted by Crippen LogP contribution is -2.37. The van der Waals surface area contributed by atoms with Crippen LogP contribution in [-0.2, 0) is 21.2 Å². The van der Waals surface area contributed by atoms with Crippen molar-refractivity contribution in [1.29, 1.82) is 0 Å². The number of nitrogens with zero attached hydrogens (tertiary/aromatic N) is 2. The van der Waals surface area contributed by atoms with Crippen LogP contribution in [0, 0.1) is 6.92 Å². The van der Waals surface area contributed by atoms with Crippen molar-refractivity contribution in [2.45, 2.75) is 20.3 Å². The van der Waals surface area contributed by atoms with Gasteiger partial charge in [-0.15, -0.1) is 0 Å². The number of amides is 1. The molecule has 0 aliphatic carbocycles. The molecular formula is C20H23N3O5S. The molecule has 1 aromatic carbocycles. The van der Waals surface area contributed by atoms with Gasteiger partial charge in [0.2, 0.25) is 10.0 Å². The molecule has 2 heterocycles. The highest BCUT2D eigenvalue weighted by Crippen LogP contribution is 2.29. The number of carbonyl (C=O) groups excluding carboxylic acids is 2. The van der Waals surface area contributed by atoms with E-state index in [1.165, 1.54) is 16.4 Å². The summed E-state index contributed by atoms with van der Waals surface area (Å²) in [6, 6.07) is 10.3. The monoisotopic (exact) mass is 417 g/mol. The molecule has 0 atom stereocenters. The number of anilines is 1. The average molecular weight is 417 g/mol. The first-order valence-electron chi connectivity index (χ1n) is 9.34. The van der Waals surface area contributed by atoms with Crippen LogP contribution in [0.15, 0.2) is 36.4 Å². The average Bonchev–Trinajstić information content (AvgIpc) is 3.13. The SMILES string of the molecule is CCOC(=O)c1ccc(C(=O)NCCS(=O)(=O)N2CCc3ccccc32)nc1C. The zero-order valence-electron chi connectivity index (χ0n) is 16.3. The van der Waals surface area contributed by atoms with Crippen LogP contribution >= 0.6 is 0 Å². The van der Waals surface area contributed by atoms with Crippen molar-refractivity contribution in [3.8, 4) is 0 Å². The Hall–Kier alpha value is -2.94. The second-order valence-electron chi connectivity index (χ2n) is 6.57. The predicted octanol–water partition coefficient (Wildman–Crippen LogP) is 1.69. The third-order valence-corrected chi connectivity index (χ3v) is 6.41. The number of benzene rings is 1. The van der Waals surface area contributed by atoms with Crippen molar-refractivity contribution in [1.82, 2.24) is 10.3 Å². The molecule has 0 saturated heterocycles. The number of ether oxygens (including phenoxy) is 1. The van der Waals surface area contributed by atoms with Gasteiger partial charge >= 0.3 is 5.97 Å². The second kappa shape index (κ2) is 8.60. The minimum Gasteiger partial charge on any atom is -0.462 e. The minimum atomic E-state index is -3.55. The van der Waals surface area contributed by atoms with Crippen molar-refractivity contribution in [2.24, 2.45) is 0 Å². The molecule has 2 aromatic rings. The number of fused-ring (bicyclic) bond motifs is 1. The van der Waals surface area contributed by atoms with Crippen LogP contribution in [0.4, 0.5) is 5.69 Å². The fraction of sp³-hybridized carbons (Fsp3) is 0.350. The van der Waals surface area contributed by atoms with Gasteiger partial charge in [-0.2, -0.15) is 0 Å². The maximum absolute atomic E-state index is 12.7. The number of para-hydroxylation sites is 1. The van der Waals surface area contributed by atoms with E-state index in [1.807, 2.05) is 18.2 Å². The molecule has 0 bridgehead atoms. The predicted molar refractivity (Wildman–Crippen MR) is 109 cm³/mol. The molecular weight excluding hydrogens is 394 g/mol. The summed E-state index contributed by atoms with van der Waals surface area (Å²) < 4.78 is 31.6. The molecule has 1 aromatic heterocycles.